The summed E-state index contributed by atoms with van der Waals surface area (Å²) in [5.74, 6) is -0.0678. The van der Waals surface area contributed by atoms with Gasteiger partial charge in [0.05, 0.1) is 11.9 Å². The van der Waals surface area contributed by atoms with E-state index in [4.69, 9.17) is 0 Å². The van der Waals surface area contributed by atoms with Crippen LogP contribution in [-0.4, -0.2) is 24.0 Å². The summed E-state index contributed by atoms with van der Waals surface area (Å²) in [5.41, 5.74) is 1.83. The predicted molar refractivity (Wildman–Crippen MR) is 77.3 cm³/mol. The van der Waals surface area contributed by atoms with Crippen molar-refractivity contribution in [3.63, 3.8) is 0 Å². The third-order valence-corrected chi connectivity index (χ3v) is 3.91. The third-order valence-electron chi connectivity index (χ3n) is 3.91. The van der Waals surface area contributed by atoms with Crippen LogP contribution in [0.15, 0.2) is 18.3 Å². The maximum atomic E-state index is 12.0. The van der Waals surface area contributed by atoms with Gasteiger partial charge in [-0.05, 0) is 43.2 Å². The number of nitrogens with zero attached hydrogens (tertiary/aromatic N) is 1. The fraction of sp³-hybridized carbons (Fsp3) is 0.600. The number of rotatable bonds is 7. The van der Waals surface area contributed by atoms with Crippen molar-refractivity contribution in [3.8, 4) is 0 Å². The van der Waals surface area contributed by atoms with E-state index in [0.717, 1.165) is 31.6 Å². The summed E-state index contributed by atoms with van der Waals surface area (Å²) in [6.45, 7) is 6.00. The Bertz CT molecular complexity index is 424. The second-order valence-electron chi connectivity index (χ2n) is 5.40. The average Bonchev–Trinajstić information content (AvgIpc) is 3.24. The highest BCUT2D eigenvalue weighted by molar-refractivity contribution is 5.92. The Morgan fingerprint density at radius 1 is 1.37 bits per heavy atom. The summed E-state index contributed by atoms with van der Waals surface area (Å²) in [6, 6.07) is 3.68. The Balaban J connectivity index is 1.85. The monoisotopic (exact) mass is 261 g/mol. The Kier molecular flexibility index (Phi) is 4.40. The molecule has 104 valence electrons. The maximum absolute atomic E-state index is 12.0. The molecule has 19 heavy (non-hydrogen) atoms. The molecular weight excluding hydrogens is 238 g/mol. The first-order valence-corrected chi connectivity index (χ1v) is 7.17. The molecule has 1 aliphatic rings. The minimum absolute atomic E-state index is 0.0678. The number of anilines is 1. The number of pyridine rings is 1. The van der Waals surface area contributed by atoms with Crippen LogP contribution >= 0.6 is 0 Å². The molecule has 1 aromatic heterocycles. The lowest BCUT2D eigenvalue weighted by Gasteiger charge is -2.13. The lowest BCUT2D eigenvalue weighted by atomic mass is 10.0. The summed E-state index contributed by atoms with van der Waals surface area (Å²) >= 11 is 0. The molecule has 0 bridgehead atoms. The second kappa shape index (κ2) is 6.04. The molecule has 2 rings (SSSR count). The molecular formula is C15H23N3O. The van der Waals surface area contributed by atoms with Crippen molar-refractivity contribution in [1.29, 1.82) is 0 Å². The van der Waals surface area contributed by atoms with Crippen LogP contribution in [0, 0.1) is 5.41 Å². The van der Waals surface area contributed by atoms with E-state index >= 15 is 0 Å². The average molecular weight is 261 g/mol. The SMILES string of the molecule is CCCNc1ccc(C(=O)NCC2(CC)CC2)nc1. The first-order valence-electron chi connectivity index (χ1n) is 7.17. The highest BCUT2D eigenvalue weighted by Gasteiger charge is 2.40. The standard InChI is InChI=1S/C15H23N3O/c1-3-9-16-12-5-6-13(17-10-12)14(19)18-11-15(4-2)7-8-15/h5-6,10,16H,3-4,7-9,11H2,1-2H3,(H,18,19). The Morgan fingerprint density at radius 2 is 2.16 bits per heavy atom. The van der Waals surface area contributed by atoms with Crippen molar-refractivity contribution in [1.82, 2.24) is 10.3 Å². The number of carbonyl (C=O) groups excluding carboxylic acids is 1. The van der Waals surface area contributed by atoms with Crippen molar-refractivity contribution in [3.05, 3.63) is 24.0 Å². The van der Waals surface area contributed by atoms with E-state index in [1.54, 1.807) is 12.3 Å². The molecule has 1 fully saturated rings. The van der Waals surface area contributed by atoms with E-state index < -0.39 is 0 Å². The van der Waals surface area contributed by atoms with E-state index in [-0.39, 0.29) is 5.91 Å². The van der Waals surface area contributed by atoms with Crippen molar-refractivity contribution in [2.24, 2.45) is 5.41 Å². The molecule has 4 heteroatoms. The number of hydrogen-bond acceptors (Lipinski definition) is 3. The molecule has 0 saturated heterocycles. The van der Waals surface area contributed by atoms with Crippen LogP contribution in [0.1, 0.15) is 50.0 Å². The van der Waals surface area contributed by atoms with Gasteiger partial charge in [-0.3, -0.25) is 4.79 Å². The summed E-state index contributed by atoms with van der Waals surface area (Å²) in [4.78, 5) is 16.2. The van der Waals surface area contributed by atoms with Gasteiger partial charge in [-0.2, -0.15) is 0 Å². The van der Waals surface area contributed by atoms with Crippen molar-refractivity contribution < 1.29 is 4.79 Å². The van der Waals surface area contributed by atoms with Gasteiger partial charge in [-0.25, -0.2) is 4.98 Å². The van der Waals surface area contributed by atoms with Gasteiger partial charge in [0.25, 0.3) is 5.91 Å². The van der Waals surface area contributed by atoms with Gasteiger partial charge in [-0.1, -0.05) is 13.8 Å². The van der Waals surface area contributed by atoms with E-state index in [2.05, 4.69) is 29.5 Å². The van der Waals surface area contributed by atoms with Crippen LogP contribution in [0.5, 0.6) is 0 Å². The molecule has 0 unspecified atom stereocenters. The van der Waals surface area contributed by atoms with Crippen molar-refractivity contribution in [2.75, 3.05) is 18.4 Å². The van der Waals surface area contributed by atoms with Crippen LogP contribution in [0.2, 0.25) is 0 Å². The van der Waals surface area contributed by atoms with Gasteiger partial charge in [0.2, 0.25) is 0 Å². The quantitative estimate of drug-likeness (QED) is 0.793. The van der Waals surface area contributed by atoms with E-state index in [0.29, 0.717) is 11.1 Å². The van der Waals surface area contributed by atoms with E-state index in [1.165, 1.54) is 12.8 Å². The molecule has 0 atom stereocenters. The zero-order valence-corrected chi connectivity index (χ0v) is 11.8. The Hall–Kier alpha value is -1.58. The second-order valence-corrected chi connectivity index (χ2v) is 5.40. The van der Waals surface area contributed by atoms with Gasteiger partial charge in [0.1, 0.15) is 5.69 Å². The van der Waals surface area contributed by atoms with Gasteiger partial charge < -0.3 is 10.6 Å². The Morgan fingerprint density at radius 3 is 2.68 bits per heavy atom. The number of nitrogens with one attached hydrogen (secondary N) is 2. The number of carbonyl (C=O) groups is 1. The topological polar surface area (TPSA) is 54.0 Å². The van der Waals surface area contributed by atoms with Crippen LogP contribution in [0.4, 0.5) is 5.69 Å². The van der Waals surface area contributed by atoms with Crippen LogP contribution < -0.4 is 10.6 Å². The number of amides is 1. The Labute approximate surface area is 115 Å². The van der Waals surface area contributed by atoms with E-state index in [1.807, 2.05) is 6.07 Å². The minimum atomic E-state index is -0.0678. The summed E-state index contributed by atoms with van der Waals surface area (Å²) in [5, 5.41) is 6.24. The summed E-state index contributed by atoms with van der Waals surface area (Å²) in [7, 11) is 0. The predicted octanol–water partition coefficient (Wildman–Crippen LogP) is 2.82. The zero-order valence-electron chi connectivity index (χ0n) is 11.8. The van der Waals surface area contributed by atoms with Crippen LogP contribution in [-0.2, 0) is 0 Å². The molecule has 1 aromatic rings. The lowest BCUT2D eigenvalue weighted by molar-refractivity contribution is 0.0939. The first kappa shape index (κ1) is 13.8. The molecule has 1 heterocycles. The molecule has 0 aromatic carbocycles. The van der Waals surface area contributed by atoms with Crippen molar-refractivity contribution >= 4 is 11.6 Å². The fourth-order valence-corrected chi connectivity index (χ4v) is 2.09. The van der Waals surface area contributed by atoms with Gasteiger partial charge in [0.15, 0.2) is 0 Å². The molecule has 1 saturated carbocycles. The smallest absolute Gasteiger partial charge is 0.269 e. The van der Waals surface area contributed by atoms with Crippen LogP contribution in [0.3, 0.4) is 0 Å². The third kappa shape index (κ3) is 3.69. The molecule has 0 spiro atoms. The molecule has 0 radical (unpaired) electrons. The lowest BCUT2D eigenvalue weighted by Crippen LogP contribution is -2.30. The number of aromatic nitrogens is 1. The number of hydrogen-bond donors (Lipinski definition) is 2. The fourth-order valence-electron chi connectivity index (χ4n) is 2.09. The highest BCUT2D eigenvalue weighted by Crippen LogP contribution is 2.47. The normalized spacial score (nSPS) is 15.9. The highest BCUT2D eigenvalue weighted by atomic mass is 16.1. The van der Waals surface area contributed by atoms with Gasteiger partial charge in [0, 0.05) is 13.1 Å². The molecule has 1 aliphatic carbocycles. The largest absolute Gasteiger partial charge is 0.384 e. The molecule has 2 N–H and O–H groups in total. The van der Waals surface area contributed by atoms with E-state index in [9.17, 15) is 4.79 Å². The molecule has 0 aliphatic heterocycles. The zero-order chi connectivity index (χ0) is 13.7. The summed E-state index contributed by atoms with van der Waals surface area (Å²) < 4.78 is 0. The summed E-state index contributed by atoms with van der Waals surface area (Å²) in [6.07, 6.45) is 6.40. The minimum Gasteiger partial charge on any atom is -0.384 e. The maximum Gasteiger partial charge on any atom is 0.269 e. The van der Waals surface area contributed by atoms with Gasteiger partial charge >= 0.3 is 0 Å². The van der Waals surface area contributed by atoms with Gasteiger partial charge in [-0.15, -0.1) is 0 Å². The van der Waals surface area contributed by atoms with Crippen molar-refractivity contribution in [2.45, 2.75) is 39.5 Å². The first-order chi connectivity index (χ1) is 9.19. The molecule has 4 nitrogen and oxygen atoms in total. The van der Waals surface area contributed by atoms with Crippen LogP contribution in [0.25, 0.3) is 0 Å². The molecule has 1 amide bonds.